The lowest BCUT2D eigenvalue weighted by Crippen LogP contribution is -2.46. The van der Waals surface area contributed by atoms with Crippen molar-refractivity contribution in [3.63, 3.8) is 0 Å². The monoisotopic (exact) mass is 472 g/mol. The first-order valence-electron chi connectivity index (χ1n) is 11.3. The van der Waals surface area contributed by atoms with E-state index in [1.807, 2.05) is 24.3 Å². The summed E-state index contributed by atoms with van der Waals surface area (Å²) in [5.41, 5.74) is 1.74. The summed E-state index contributed by atoms with van der Waals surface area (Å²) < 4.78 is 40.6. The van der Waals surface area contributed by atoms with Crippen molar-refractivity contribution >= 4 is 27.0 Å². The molecule has 1 aromatic heterocycles. The minimum absolute atomic E-state index is 0.0321. The van der Waals surface area contributed by atoms with E-state index in [9.17, 15) is 17.6 Å². The Bertz CT molecular complexity index is 1190. The van der Waals surface area contributed by atoms with Crippen LogP contribution in [0.4, 0.5) is 4.39 Å². The van der Waals surface area contributed by atoms with Crippen molar-refractivity contribution in [2.24, 2.45) is 11.8 Å². The van der Waals surface area contributed by atoms with Gasteiger partial charge in [0.2, 0.25) is 15.9 Å². The highest BCUT2D eigenvalue weighted by Gasteiger charge is 2.35. The Balaban J connectivity index is 1.51. The molecule has 3 atom stereocenters. The Morgan fingerprint density at radius 2 is 1.97 bits per heavy atom. The van der Waals surface area contributed by atoms with Crippen molar-refractivity contribution < 1.29 is 17.6 Å². The number of hydrogen-bond donors (Lipinski definition) is 2. The fraction of sp³-hybridized carbons (Fsp3) is 0.417. The highest BCUT2D eigenvalue weighted by molar-refractivity contribution is 7.89. The molecule has 0 radical (unpaired) electrons. The standard InChI is InChI=1S/C24H29FN4O3S/c1-3-16(2)22(23-26-20-8-4-5-9-21(20)27-23)28-24(30)17-7-6-14-29(15-17)33(31,32)19-12-10-18(25)11-13-19/h4-5,8-13,16-17,22H,3,6-7,14-15H2,1-2H3,(H,26,27)(H,28,30). The summed E-state index contributed by atoms with van der Waals surface area (Å²) >= 11 is 0. The van der Waals surface area contributed by atoms with Gasteiger partial charge < -0.3 is 10.3 Å². The van der Waals surface area contributed by atoms with E-state index in [0.717, 1.165) is 29.6 Å². The van der Waals surface area contributed by atoms with Gasteiger partial charge in [0.25, 0.3) is 0 Å². The molecule has 176 valence electrons. The number of nitrogens with one attached hydrogen (secondary N) is 2. The Hall–Kier alpha value is -2.78. The van der Waals surface area contributed by atoms with Crippen LogP contribution in [0.2, 0.25) is 0 Å². The number of hydrogen-bond acceptors (Lipinski definition) is 4. The number of carbonyl (C=O) groups is 1. The average Bonchev–Trinajstić information content (AvgIpc) is 3.26. The first kappa shape index (κ1) is 23.4. The van der Waals surface area contributed by atoms with E-state index < -0.39 is 21.8 Å². The molecule has 4 rings (SSSR count). The quantitative estimate of drug-likeness (QED) is 0.543. The van der Waals surface area contributed by atoms with Crippen LogP contribution < -0.4 is 5.32 Å². The van der Waals surface area contributed by atoms with E-state index in [1.54, 1.807) is 0 Å². The molecule has 0 aliphatic carbocycles. The number of para-hydroxylation sites is 2. The predicted molar refractivity (Wildman–Crippen MR) is 124 cm³/mol. The number of imidazole rings is 1. The minimum atomic E-state index is -3.80. The topological polar surface area (TPSA) is 95.2 Å². The smallest absolute Gasteiger partial charge is 0.243 e. The zero-order valence-corrected chi connectivity index (χ0v) is 19.6. The summed E-state index contributed by atoms with van der Waals surface area (Å²) in [4.78, 5) is 21.3. The van der Waals surface area contributed by atoms with Crippen molar-refractivity contribution in [3.05, 3.63) is 60.2 Å². The average molecular weight is 473 g/mol. The molecule has 2 heterocycles. The largest absolute Gasteiger partial charge is 0.346 e. The number of fused-ring (bicyclic) bond motifs is 1. The van der Waals surface area contributed by atoms with Crippen molar-refractivity contribution in [1.29, 1.82) is 0 Å². The van der Waals surface area contributed by atoms with Crippen LogP contribution in [-0.4, -0.2) is 41.7 Å². The number of rotatable bonds is 7. The molecule has 1 saturated heterocycles. The van der Waals surface area contributed by atoms with Gasteiger partial charge in [-0.15, -0.1) is 0 Å². The number of nitrogens with zero attached hydrogens (tertiary/aromatic N) is 2. The summed E-state index contributed by atoms with van der Waals surface area (Å²) in [7, 11) is -3.80. The number of benzene rings is 2. The number of sulfonamides is 1. The molecule has 1 fully saturated rings. The van der Waals surface area contributed by atoms with Crippen molar-refractivity contribution in [2.45, 2.75) is 44.0 Å². The summed E-state index contributed by atoms with van der Waals surface area (Å²) in [6.45, 7) is 4.55. The Labute approximate surface area is 193 Å². The number of aromatic amines is 1. The van der Waals surface area contributed by atoms with E-state index in [1.165, 1.54) is 16.4 Å². The molecule has 0 bridgehead atoms. The van der Waals surface area contributed by atoms with Crippen LogP contribution in [0.25, 0.3) is 11.0 Å². The fourth-order valence-corrected chi connectivity index (χ4v) is 5.76. The maximum Gasteiger partial charge on any atom is 0.243 e. The number of amides is 1. The summed E-state index contributed by atoms with van der Waals surface area (Å²) in [6.07, 6.45) is 2.03. The van der Waals surface area contributed by atoms with Crippen LogP contribution in [0, 0.1) is 17.7 Å². The van der Waals surface area contributed by atoms with Gasteiger partial charge in [0.05, 0.1) is 27.9 Å². The van der Waals surface area contributed by atoms with E-state index in [4.69, 9.17) is 0 Å². The van der Waals surface area contributed by atoms with Crippen molar-refractivity contribution in [3.8, 4) is 0 Å². The lowest BCUT2D eigenvalue weighted by molar-refractivity contribution is -0.127. The second-order valence-corrected chi connectivity index (χ2v) is 10.6. The number of halogens is 1. The van der Waals surface area contributed by atoms with Gasteiger partial charge in [-0.3, -0.25) is 4.79 Å². The number of aromatic nitrogens is 2. The van der Waals surface area contributed by atoms with Crippen LogP contribution in [0.3, 0.4) is 0 Å². The molecule has 7 nitrogen and oxygen atoms in total. The first-order chi connectivity index (χ1) is 15.8. The lowest BCUT2D eigenvalue weighted by Gasteiger charge is -2.32. The molecular weight excluding hydrogens is 443 g/mol. The van der Waals surface area contributed by atoms with Crippen molar-refractivity contribution in [1.82, 2.24) is 19.6 Å². The SMILES string of the molecule is CCC(C)C(NC(=O)C1CCCN(S(=O)(=O)c2ccc(F)cc2)C1)c1nc2ccccc2[nH]1. The van der Waals surface area contributed by atoms with Gasteiger partial charge in [-0.2, -0.15) is 4.31 Å². The van der Waals surface area contributed by atoms with Crippen LogP contribution in [-0.2, 0) is 14.8 Å². The van der Waals surface area contributed by atoms with E-state index >= 15 is 0 Å². The summed E-state index contributed by atoms with van der Waals surface area (Å²) in [5.74, 6) is -0.307. The van der Waals surface area contributed by atoms with Gasteiger partial charge in [0, 0.05) is 13.1 Å². The fourth-order valence-electron chi connectivity index (χ4n) is 4.24. The summed E-state index contributed by atoms with van der Waals surface area (Å²) in [5, 5.41) is 3.13. The minimum Gasteiger partial charge on any atom is -0.346 e. The molecule has 1 aliphatic rings. The third-order valence-corrected chi connectivity index (χ3v) is 8.30. The van der Waals surface area contributed by atoms with E-state index in [-0.39, 0.29) is 29.3 Å². The normalized spacial score (nSPS) is 19.3. The molecule has 1 amide bonds. The second-order valence-electron chi connectivity index (χ2n) is 8.67. The molecule has 0 spiro atoms. The number of carbonyl (C=O) groups excluding carboxylic acids is 1. The Morgan fingerprint density at radius 3 is 2.67 bits per heavy atom. The van der Waals surface area contributed by atoms with Gasteiger partial charge in [-0.05, 0) is 55.2 Å². The van der Waals surface area contributed by atoms with Gasteiger partial charge in [-0.25, -0.2) is 17.8 Å². The third kappa shape index (κ3) is 4.94. The van der Waals surface area contributed by atoms with Gasteiger partial charge in [0.15, 0.2) is 0 Å². The molecule has 9 heteroatoms. The molecule has 3 unspecified atom stereocenters. The summed E-state index contributed by atoms with van der Waals surface area (Å²) in [6, 6.07) is 12.2. The number of H-pyrrole nitrogens is 1. The maximum atomic E-state index is 13.2. The van der Waals surface area contributed by atoms with Crippen LogP contribution in [0.15, 0.2) is 53.4 Å². The molecule has 3 aromatic rings. The van der Waals surface area contributed by atoms with E-state index in [2.05, 4.69) is 29.1 Å². The zero-order valence-electron chi connectivity index (χ0n) is 18.8. The van der Waals surface area contributed by atoms with Crippen LogP contribution >= 0.6 is 0 Å². The predicted octanol–water partition coefficient (Wildman–Crippen LogP) is 4.01. The highest BCUT2D eigenvalue weighted by Crippen LogP contribution is 2.28. The Kier molecular flexibility index (Phi) is 6.81. The molecule has 1 aliphatic heterocycles. The third-order valence-electron chi connectivity index (χ3n) is 6.42. The first-order valence-corrected chi connectivity index (χ1v) is 12.7. The molecule has 2 N–H and O–H groups in total. The van der Waals surface area contributed by atoms with Crippen LogP contribution in [0.5, 0.6) is 0 Å². The van der Waals surface area contributed by atoms with Gasteiger partial charge >= 0.3 is 0 Å². The van der Waals surface area contributed by atoms with Gasteiger partial charge in [-0.1, -0.05) is 32.4 Å². The highest BCUT2D eigenvalue weighted by atomic mass is 32.2. The Morgan fingerprint density at radius 1 is 1.24 bits per heavy atom. The van der Waals surface area contributed by atoms with Crippen LogP contribution in [0.1, 0.15) is 45.0 Å². The van der Waals surface area contributed by atoms with Crippen molar-refractivity contribution in [2.75, 3.05) is 13.1 Å². The molecule has 0 saturated carbocycles. The van der Waals surface area contributed by atoms with E-state index in [0.29, 0.717) is 25.2 Å². The molecular formula is C24H29FN4O3S. The van der Waals surface area contributed by atoms with Gasteiger partial charge in [0.1, 0.15) is 11.6 Å². The molecule has 33 heavy (non-hydrogen) atoms. The molecule has 2 aromatic carbocycles. The maximum absolute atomic E-state index is 13.2. The zero-order chi connectivity index (χ0) is 23.6. The second kappa shape index (κ2) is 9.61. The number of piperidine rings is 1. The lowest BCUT2D eigenvalue weighted by atomic mass is 9.95.